The molecule has 1 aromatic carbocycles. The van der Waals surface area contributed by atoms with E-state index in [4.69, 9.17) is 4.37 Å². The third kappa shape index (κ3) is 4.41. The summed E-state index contributed by atoms with van der Waals surface area (Å²) in [6, 6.07) is 9.18. The van der Waals surface area contributed by atoms with Crippen LogP contribution in [0.15, 0.2) is 35.5 Å². The van der Waals surface area contributed by atoms with Gasteiger partial charge in [-0.25, -0.2) is 4.98 Å². The Labute approximate surface area is 191 Å². The lowest BCUT2D eigenvalue weighted by Crippen LogP contribution is -1.99. The van der Waals surface area contributed by atoms with E-state index in [1.165, 1.54) is 56.7 Å². The van der Waals surface area contributed by atoms with Gasteiger partial charge in [-0.1, -0.05) is 40.2 Å². The van der Waals surface area contributed by atoms with E-state index in [1.54, 1.807) is 23.3 Å². The highest BCUT2D eigenvalue weighted by Crippen LogP contribution is 2.35. The highest BCUT2D eigenvalue weighted by Gasteiger charge is 2.17. The third-order valence-electron chi connectivity index (χ3n) is 6.01. The number of fused-ring (bicyclic) bond motifs is 2. The molecule has 0 aliphatic heterocycles. The molecular weight excluding hydrogens is 426 g/mol. The molecule has 2 unspecified atom stereocenters. The molecule has 0 aliphatic rings. The van der Waals surface area contributed by atoms with Crippen LogP contribution >= 0.6 is 34.8 Å². The van der Waals surface area contributed by atoms with Crippen LogP contribution in [0.25, 0.3) is 20.3 Å². The lowest BCUT2D eigenvalue weighted by atomic mass is 9.91. The SMILES string of the molecule is CSc1nsc2ccc(C(C)CCCC(C)c3nsc4ncc(C(C)C)cc34)cc12. The van der Waals surface area contributed by atoms with Crippen LogP contribution in [0.1, 0.15) is 81.5 Å². The summed E-state index contributed by atoms with van der Waals surface area (Å²) in [6.45, 7) is 9.11. The smallest absolute Gasteiger partial charge is 0.143 e. The van der Waals surface area contributed by atoms with Gasteiger partial charge in [-0.2, -0.15) is 8.75 Å². The Balaban J connectivity index is 1.41. The number of pyridine rings is 1. The van der Waals surface area contributed by atoms with E-state index < -0.39 is 0 Å². The summed E-state index contributed by atoms with van der Waals surface area (Å²) >= 11 is 4.87. The summed E-state index contributed by atoms with van der Waals surface area (Å²) in [5.74, 6) is 1.51. The maximum absolute atomic E-state index is 4.77. The molecule has 3 heterocycles. The number of thioether (sulfide) groups is 1. The molecule has 0 saturated heterocycles. The molecular formula is C24H29N3S3. The molecule has 0 fully saturated rings. The Morgan fingerprint density at radius 1 is 0.900 bits per heavy atom. The van der Waals surface area contributed by atoms with Crippen molar-refractivity contribution in [3.63, 3.8) is 0 Å². The molecule has 4 aromatic rings. The van der Waals surface area contributed by atoms with Gasteiger partial charge >= 0.3 is 0 Å². The lowest BCUT2D eigenvalue weighted by molar-refractivity contribution is 0.558. The Morgan fingerprint density at radius 3 is 2.43 bits per heavy atom. The van der Waals surface area contributed by atoms with Gasteiger partial charge in [0.05, 0.1) is 10.4 Å². The Morgan fingerprint density at radius 2 is 1.67 bits per heavy atom. The van der Waals surface area contributed by atoms with Gasteiger partial charge in [0.2, 0.25) is 0 Å². The monoisotopic (exact) mass is 455 g/mol. The fourth-order valence-corrected chi connectivity index (χ4v) is 6.31. The summed E-state index contributed by atoms with van der Waals surface area (Å²) in [5, 5.41) is 3.72. The molecule has 6 heteroatoms. The van der Waals surface area contributed by atoms with Crippen LogP contribution in [0.3, 0.4) is 0 Å². The van der Waals surface area contributed by atoms with Crippen LogP contribution in [0, 0.1) is 0 Å². The number of nitrogens with zero attached hydrogens (tertiary/aromatic N) is 3. The van der Waals surface area contributed by atoms with Crippen molar-refractivity contribution in [3.8, 4) is 0 Å². The Bertz CT molecular complexity index is 1150. The minimum atomic E-state index is 0.460. The average Bonchev–Trinajstić information content (AvgIpc) is 3.36. The molecule has 0 N–H and O–H groups in total. The molecule has 4 rings (SSSR count). The van der Waals surface area contributed by atoms with E-state index >= 15 is 0 Å². The Hall–Kier alpha value is -1.50. The topological polar surface area (TPSA) is 38.7 Å². The first-order valence-electron chi connectivity index (χ1n) is 10.7. The van der Waals surface area contributed by atoms with Gasteiger partial charge in [0.15, 0.2) is 0 Å². The molecule has 0 spiro atoms. The number of benzene rings is 1. The van der Waals surface area contributed by atoms with E-state index in [9.17, 15) is 0 Å². The zero-order chi connectivity index (χ0) is 21.3. The zero-order valence-electron chi connectivity index (χ0n) is 18.3. The van der Waals surface area contributed by atoms with Crippen molar-refractivity contribution >= 4 is 55.1 Å². The van der Waals surface area contributed by atoms with Gasteiger partial charge in [-0.05, 0) is 83.3 Å². The standard InChI is InChI=1S/C24H29N3S3/c1-14(2)18-12-20-22(26-30-23(20)25-13-18)16(4)8-6-7-15(3)17-9-10-21-19(11-17)24(28-5)27-29-21/h9-16H,6-8H2,1-5H3. The fraction of sp³-hybridized carbons (Fsp3) is 0.458. The van der Waals surface area contributed by atoms with Crippen LogP contribution in [-0.2, 0) is 0 Å². The van der Waals surface area contributed by atoms with Gasteiger partial charge in [-0.15, -0.1) is 11.8 Å². The maximum Gasteiger partial charge on any atom is 0.143 e. The first-order chi connectivity index (χ1) is 14.5. The molecule has 2 atom stereocenters. The molecule has 30 heavy (non-hydrogen) atoms. The van der Waals surface area contributed by atoms with Crippen LogP contribution in [0.5, 0.6) is 0 Å². The van der Waals surface area contributed by atoms with Gasteiger partial charge in [-0.3, -0.25) is 0 Å². The molecule has 3 nitrogen and oxygen atoms in total. The van der Waals surface area contributed by atoms with Gasteiger partial charge < -0.3 is 0 Å². The summed E-state index contributed by atoms with van der Waals surface area (Å²) in [4.78, 5) is 5.70. The van der Waals surface area contributed by atoms with Crippen LogP contribution < -0.4 is 0 Å². The van der Waals surface area contributed by atoms with E-state index in [0.29, 0.717) is 17.8 Å². The van der Waals surface area contributed by atoms with Crippen LogP contribution in [-0.4, -0.2) is 20.0 Å². The third-order valence-corrected chi connectivity index (χ3v) is 8.44. The van der Waals surface area contributed by atoms with E-state index in [2.05, 4.69) is 67.6 Å². The average molecular weight is 456 g/mol. The Kier molecular flexibility index (Phi) is 6.75. The number of hydrogen-bond acceptors (Lipinski definition) is 6. The number of aromatic nitrogens is 3. The van der Waals surface area contributed by atoms with Crippen molar-refractivity contribution in [2.75, 3.05) is 6.26 Å². The summed E-state index contributed by atoms with van der Waals surface area (Å²) in [6.07, 6.45) is 7.67. The second-order valence-corrected chi connectivity index (χ2v) is 10.9. The second kappa shape index (κ2) is 9.33. The summed E-state index contributed by atoms with van der Waals surface area (Å²) in [5.41, 5.74) is 3.95. The van der Waals surface area contributed by atoms with Crippen molar-refractivity contribution in [2.24, 2.45) is 0 Å². The van der Waals surface area contributed by atoms with Crippen molar-refractivity contribution in [2.45, 2.75) is 69.7 Å². The fourth-order valence-electron chi connectivity index (χ4n) is 3.96. The largest absolute Gasteiger partial charge is 0.243 e. The van der Waals surface area contributed by atoms with Gasteiger partial charge in [0.25, 0.3) is 0 Å². The second-order valence-electron chi connectivity index (χ2n) is 8.52. The van der Waals surface area contributed by atoms with E-state index in [-0.39, 0.29) is 0 Å². The highest BCUT2D eigenvalue weighted by atomic mass is 32.2. The predicted molar refractivity (Wildman–Crippen MR) is 134 cm³/mol. The highest BCUT2D eigenvalue weighted by molar-refractivity contribution is 7.98. The molecule has 0 saturated carbocycles. The van der Waals surface area contributed by atoms with Crippen molar-refractivity contribution in [1.29, 1.82) is 0 Å². The minimum Gasteiger partial charge on any atom is -0.243 e. The van der Waals surface area contributed by atoms with Crippen molar-refractivity contribution < 1.29 is 0 Å². The predicted octanol–water partition coefficient (Wildman–Crippen LogP) is 8.22. The van der Waals surface area contributed by atoms with E-state index in [1.807, 2.05) is 6.20 Å². The van der Waals surface area contributed by atoms with Crippen LogP contribution in [0.4, 0.5) is 0 Å². The van der Waals surface area contributed by atoms with Gasteiger partial charge in [0, 0.05) is 22.9 Å². The first-order valence-corrected chi connectivity index (χ1v) is 13.4. The molecule has 0 amide bonds. The van der Waals surface area contributed by atoms with E-state index in [0.717, 1.165) is 16.3 Å². The zero-order valence-corrected chi connectivity index (χ0v) is 20.8. The normalized spacial score (nSPS) is 14.1. The summed E-state index contributed by atoms with van der Waals surface area (Å²) in [7, 11) is 0. The molecule has 158 valence electrons. The maximum atomic E-state index is 4.77. The van der Waals surface area contributed by atoms with Crippen LogP contribution in [0.2, 0.25) is 0 Å². The molecule has 0 radical (unpaired) electrons. The first kappa shape index (κ1) is 21.7. The number of rotatable bonds is 8. The quantitative estimate of drug-likeness (QED) is 0.251. The summed E-state index contributed by atoms with van der Waals surface area (Å²) < 4.78 is 10.6. The lowest BCUT2D eigenvalue weighted by Gasteiger charge is -2.14. The molecule has 0 bridgehead atoms. The number of hydrogen-bond donors (Lipinski definition) is 0. The molecule has 0 aliphatic carbocycles. The molecule has 3 aromatic heterocycles. The van der Waals surface area contributed by atoms with Crippen molar-refractivity contribution in [1.82, 2.24) is 13.7 Å². The minimum absolute atomic E-state index is 0.460. The van der Waals surface area contributed by atoms with Crippen molar-refractivity contribution in [3.05, 3.63) is 47.3 Å². The van der Waals surface area contributed by atoms with Gasteiger partial charge in [0.1, 0.15) is 9.86 Å².